The highest BCUT2D eigenvalue weighted by molar-refractivity contribution is 5.68. The van der Waals surface area contributed by atoms with Crippen molar-refractivity contribution in [1.29, 1.82) is 0 Å². The second-order valence-corrected chi connectivity index (χ2v) is 5.02. The van der Waals surface area contributed by atoms with Gasteiger partial charge >= 0.3 is 6.09 Å². The molecule has 4 heteroatoms. The summed E-state index contributed by atoms with van der Waals surface area (Å²) in [5.74, 6) is 0. The minimum Gasteiger partial charge on any atom is -0.444 e. The van der Waals surface area contributed by atoms with Gasteiger partial charge in [-0.05, 0) is 41.5 Å². The Hall–Kier alpha value is -0.770. The van der Waals surface area contributed by atoms with E-state index in [1.165, 1.54) is 0 Å². The van der Waals surface area contributed by atoms with E-state index < -0.39 is 23.3 Å². The van der Waals surface area contributed by atoms with Crippen LogP contribution in [0.4, 0.5) is 4.79 Å². The number of carbonyl (C=O) groups excluding carboxylic acids is 1. The zero-order valence-electron chi connectivity index (χ0n) is 9.84. The number of hydrogen-bond donors (Lipinski definition) is 2. The molecule has 0 saturated carbocycles. The maximum absolute atomic E-state index is 11.3. The van der Waals surface area contributed by atoms with Gasteiger partial charge in [0.1, 0.15) is 5.60 Å². The van der Waals surface area contributed by atoms with Gasteiger partial charge < -0.3 is 15.2 Å². The van der Waals surface area contributed by atoms with Crippen LogP contribution in [0.2, 0.25) is 0 Å². The molecule has 1 amide bonds. The van der Waals surface area contributed by atoms with Crippen LogP contribution in [0.5, 0.6) is 0 Å². The van der Waals surface area contributed by atoms with Crippen molar-refractivity contribution in [3.63, 3.8) is 0 Å². The Bertz CT molecular complexity index is 204. The zero-order valence-corrected chi connectivity index (χ0v) is 9.84. The summed E-state index contributed by atoms with van der Waals surface area (Å²) in [7, 11) is 0. The Morgan fingerprint density at radius 1 is 1.29 bits per heavy atom. The second kappa shape index (κ2) is 4.17. The molecule has 0 bridgehead atoms. The molecule has 0 unspecified atom stereocenters. The van der Waals surface area contributed by atoms with E-state index in [0.717, 1.165) is 0 Å². The Morgan fingerprint density at radius 2 is 1.71 bits per heavy atom. The number of rotatable bonds is 2. The lowest BCUT2D eigenvalue weighted by Gasteiger charge is -2.30. The van der Waals surface area contributed by atoms with Crippen LogP contribution in [0.25, 0.3) is 0 Å². The van der Waals surface area contributed by atoms with E-state index in [9.17, 15) is 9.90 Å². The van der Waals surface area contributed by atoms with Gasteiger partial charge in [0.2, 0.25) is 0 Å². The number of ether oxygens (including phenoxy) is 1. The molecule has 0 radical (unpaired) electrons. The first kappa shape index (κ1) is 13.2. The molecule has 2 N–H and O–H groups in total. The third-order valence-electron chi connectivity index (χ3n) is 1.87. The van der Waals surface area contributed by atoms with Crippen LogP contribution >= 0.6 is 0 Å². The molecule has 0 heterocycles. The molecule has 0 aromatic heterocycles. The maximum atomic E-state index is 11.3. The second-order valence-electron chi connectivity index (χ2n) is 5.02. The van der Waals surface area contributed by atoms with Crippen molar-refractivity contribution >= 4 is 6.09 Å². The van der Waals surface area contributed by atoms with Gasteiger partial charge in [0.15, 0.2) is 0 Å². The predicted molar refractivity (Wildman–Crippen MR) is 55.1 cm³/mol. The number of aliphatic hydroxyl groups excluding tert-OH is 1. The first-order chi connectivity index (χ1) is 6.04. The fraction of sp³-hybridized carbons (Fsp3) is 0.900. The third kappa shape index (κ3) is 5.07. The van der Waals surface area contributed by atoms with E-state index in [-0.39, 0.29) is 0 Å². The van der Waals surface area contributed by atoms with E-state index >= 15 is 0 Å². The SMILES string of the molecule is C[C@@H](O)C(C)(C)NC(=O)OC(C)(C)C. The van der Waals surface area contributed by atoms with Gasteiger partial charge in [-0.15, -0.1) is 0 Å². The van der Waals surface area contributed by atoms with Crippen molar-refractivity contribution in [3.8, 4) is 0 Å². The third-order valence-corrected chi connectivity index (χ3v) is 1.87. The summed E-state index contributed by atoms with van der Waals surface area (Å²) in [6, 6.07) is 0. The van der Waals surface area contributed by atoms with Crippen LogP contribution in [0.1, 0.15) is 41.5 Å². The van der Waals surface area contributed by atoms with Gasteiger partial charge in [-0.2, -0.15) is 0 Å². The number of carbonyl (C=O) groups is 1. The summed E-state index contributed by atoms with van der Waals surface area (Å²) in [4.78, 5) is 11.3. The number of amides is 1. The number of nitrogens with one attached hydrogen (secondary N) is 1. The van der Waals surface area contributed by atoms with Gasteiger partial charge in [-0.3, -0.25) is 0 Å². The Kier molecular flexibility index (Phi) is 3.94. The first-order valence-electron chi connectivity index (χ1n) is 4.74. The lowest BCUT2D eigenvalue weighted by atomic mass is 9.99. The molecule has 1 atom stereocenters. The monoisotopic (exact) mass is 203 g/mol. The van der Waals surface area contributed by atoms with E-state index in [2.05, 4.69) is 5.32 Å². The molecule has 4 nitrogen and oxygen atoms in total. The van der Waals surface area contributed by atoms with E-state index in [1.807, 2.05) is 0 Å². The van der Waals surface area contributed by atoms with Crippen LogP contribution in [-0.2, 0) is 4.74 Å². The van der Waals surface area contributed by atoms with Crippen molar-refractivity contribution < 1.29 is 14.6 Å². The predicted octanol–water partition coefficient (Wildman–Crippen LogP) is 1.67. The van der Waals surface area contributed by atoms with E-state index in [1.54, 1.807) is 41.5 Å². The van der Waals surface area contributed by atoms with Gasteiger partial charge in [-0.25, -0.2) is 4.79 Å². The molecule has 0 spiro atoms. The maximum Gasteiger partial charge on any atom is 0.408 e. The summed E-state index contributed by atoms with van der Waals surface area (Å²) in [6.07, 6.45) is -1.14. The van der Waals surface area contributed by atoms with Crippen molar-refractivity contribution in [2.75, 3.05) is 0 Å². The number of aliphatic hydroxyl groups is 1. The van der Waals surface area contributed by atoms with Crippen molar-refractivity contribution in [3.05, 3.63) is 0 Å². The lowest BCUT2D eigenvalue weighted by Crippen LogP contribution is -2.52. The van der Waals surface area contributed by atoms with Crippen LogP contribution in [-0.4, -0.2) is 28.4 Å². The topological polar surface area (TPSA) is 58.6 Å². The Balaban J connectivity index is 4.20. The van der Waals surface area contributed by atoms with Crippen molar-refractivity contribution in [2.45, 2.75) is 58.8 Å². The highest BCUT2D eigenvalue weighted by atomic mass is 16.6. The highest BCUT2D eigenvalue weighted by Gasteiger charge is 2.28. The van der Waals surface area contributed by atoms with Crippen LogP contribution in [0.15, 0.2) is 0 Å². The fourth-order valence-corrected chi connectivity index (χ4v) is 0.671. The summed E-state index contributed by atoms with van der Waals surface area (Å²) in [5.41, 5.74) is -1.19. The molecule has 0 aliphatic heterocycles. The van der Waals surface area contributed by atoms with Crippen LogP contribution < -0.4 is 5.32 Å². The molecule has 14 heavy (non-hydrogen) atoms. The van der Waals surface area contributed by atoms with Crippen molar-refractivity contribution in [1.82, 2.24) is 5.32 Å². The summed E-state index contributed by atoms with van der Waals surface area (Å²) in [5, 5.41) is 12.0. The molecule has 0 aromatic rings. The normalized spacial score (nSPS) is 14.8. The van der Waals surface area contributed by atoms with Gasteiger partial charge in [0.05, 0.1) is 11.6 Å². The lowest BCUT2D eigenvalue weighted by molar-refractivity contribution is 0.0331. The number of hydrogen-bond acceptors (Lipinski definition) is 3. The van der Waals surface area contributed by atoms with Gasteiger partial charge in [0, 0.05) is 0 Å². The Labute approximate surface area is 85.6 Å². The first-order valence-corrected chi connectivity index (χ1v) is 4.74. The minimum absolute atomic E-state index is 0.511. The van der Waals surface area contributed by atoms with Crippen LogP contribution in [0.3, 0.4) is 0 Å². The molecule has 0 rings (SSSR count). The molecule has 0 aliphatic rings. The molecule has 0 aliphatic carbocycles. The van der Waals surface area contributed by atoms with Gasteiger partial charge in [0.25, 0.3) is 0 Å². The Morgan fingerprint density at radius 3 is 2.00 bits per heavy atom. The smallest absolute Gasteiger partial charge is 0.408 e. The fourth-order valence-electron chi connectivity index (χ4n) is 0.671. The molecular formula is C10H21NO3. The number of alkyl carbamates (subject to hydrolysis) is 1. The van der Waals surface area contributed by atoms with Crippen LogP contribution in [0, 0.1) is 0 Å². The van der Waals surface area contributed by atoms with Crippen molar-refractivity contribution in [2.24, 2.45) is 0 Å². The summed E-state index contributed by atoms with van der Waals surface area (Å²) in [6.45, 7) is 10.5. The standard InChI is InChI=1S/C10H21NO3/c1-7(12)10(5,6)11-8(13)14-9(2,3)4/h7,12H,1-6H3,(H,11,13)/t7-/m1/s1. The summed E-state index contributed by atoms with van der Waals surface area (Å²) >= 11 is 0. The minimum atomic E-state index is -0.678. The molecule has 0 fully saturated rings. The zero-order chi connectivity index (χ0) is 11.6. The molecule has 0 aromatic carbocycles. The molecule has 0 saturated heterocycles. The molecular weight excluding hydrogens is 182 g/mol. The average molecular weight is 203 g/mol. The van der Waals surface area contributed by atoms with Gasteiger partial charge in [-0.1, -0.05) is 0 Å². The largest absolute Gasteiger partial charge is 0.444 e. The van der Waals surface area contributed by atoms with E-state index in [0.29, 0.717) is 0 Å². The van der Waals surface area contributed by atoms with E-state index in [4.69, 9.17) is 4.74 Å². The molecule has 84 valence electrons. The quantitative estimate of drug-likeness (QED) is 0.717. The summed E-state index contributed by atoms with van der Waals surface area (Å²) < 4.78 is 5.06. The highest BCUT2D eigenvalue weighted by Crippen LogP contribution is 2.11. The average Bonchev–Trinajstić information content (AvgIpc) is 1.79.